The van der Waals surface area contributed by atoms with E-state index in [2.05, 4.69) is 51.4 Å². The monoisotopic (exact) mass is 556 g/mol. The number of hydrogen-bond acceptors (Lipinski definition) is 1. The minimum absolute atomic E-state index is 0.929. The van der Waals surface area contributed by atoms with Gasteiger partial charge in [0.25, 0.3) is 0 Å². The maximum atomic E-state index is 2.61. The molecule has 0 bridgehead atoms. The summed E-state index contributed by atoms with van der Waals surface area (Å²) in [5.74, 6) is 0.929. The van der Waals surface area contributed by atoms with Gasteiger partial charge in [-0.05, 0) is 0 Å². The van der Waals surface area contributed by atoms with Crippen LogP contribution in [0.2, 0.25) is 14.8 Å². The molecule has 0 saturated heterocycles. The van der Waals surface area contributed by atoms with Crippen molar-refractivity contribution < 1.29 is 0 Å². The Bertz CT molecular complexity index is 493. The van der Waals surface area contributed by atoms with E-state index < -0.39 is 18.4 Å². The molecular weight excluding hydrogens is 499 g/mol. The Morgan fingerprint density at radius 2 is 1.06 bits per heavy atom. The van der Waals surface area contributed by atoms with Crippen molar-refractivity contribution in [2.24, 2.45) is 5.92 Å². The molecule has 0 saturated carbocycles. The molecule has 1 heterocycles. The first kappa shape index (κ1) is 29.5. The number of rotatable bonds is 21. The van der Waals surface area contributed by atoms with Crippen LogP contribution < -0.4 is 2.89 Å². The number of hydrogen-bond donors (Lipinski definition) is 0. The molecule has 2 heteroatoms. The molecule has 0 atom stereocenters. The van der Waals surface area contributed by atoms with Crippen molar-refractivity contribution in [1.29, 1.82) is 0 Å². The Balaban J connectivity index is 2.34. The molecule has 182 valence electrons. The fourth-order valence-corrected chi connectivity index (χ4v) is 11.0. The Morgan fingerprint density at radius 3 is 1.45 bits per heavy atom. The van der Waals surface area contributed by atoms with Crippen molar-refractivity contribution in [2.45, 2.75) is 151 Å². The maximum absolute atomic E-state index is 2.61. The third-order valence-electron chi connectivity index (χ3n) is 6.85. The van der Waals surface area contributed by atoms with Gasteiger partial charge in [0.05, 0.1) is 0 Å². The van der Waals surface area contributed by atoms with E-state index in [1.807, 2.05) is 0 Å². The number of thiophene rings is 1. The molecule has 1 aromatic rings. The van der Waals surface area contributed by atoms with Crippen molar-refractivity contribution in [3.8, 4) is 0 Å². The Morgan fingerprint density at radius 1 is 0.645 bits per heavy atom. The second kappa shape index (κ2) is 18.9. The van der Waals surface area contributed by atoms with Gasteiger partial charge in [0, 0.05) is 0 Å². The van der Waals surface area contributed by atoms with Crippen molar-refractivity contribution in [1.82, 2.24) is 0 Å². The molecule has 0 nitrogen and oxygen atoms in total. The Labute approximate surface area is 205 Å². The first-order valence-corrected chi connectivity index (χ1v) is 24.9. The predicted octanol–water partition coefficient (Wildman–Crippen LogP) is 10.5. The van der Waals surface area contributed by atoms with Gasteiger partial charge < -0.3 is 0 Å². The van der Waals surface area contributed by atoms with E-state index in [1.165, 1.54) is 122 Å². The quantitative estimate of drug-likeness (QED) is 0.105. The van der Waals surface area contributed by atoms with Gasteiger partial charge in [-0.2, -0.15) is 0 Å². The standard InChI is InChI=1S/C26H47S.3CH3.Sn/c1-3-5-7-9-11-13-15-17-19-25(23-26-21-22-27-24-26)20-18-16-14-12-10-8-6-4-2;;;;/h21,24-25H,3-20,23H2,1-2H3;3*1H3;. The molecule has 0 fully saturated rings. The summed E-state index contributed by atoms with van der Waals surface area (Å²) in [7, 11) is 0. The van der Waals surface area contributed by atoms with Gasteiger partial charge in [-0.25, -0.2) is 0 Å². The van der Waals surface area contributed by atoms with Gasteiger partial charge in [-0.3, -0.25) is 0 Å². The summed E-state index contributed by atoms with van der Waals surface area (Å²) in [5, 5.41) is 2.51. The second-order valence-electron chi connectivity index (χ2n) is 11.2. The molecule has 0 radical (unpaired) electrons. The van der Waals surface area contributed by atoms with Crippen molar-refractivity contribution in [3.05, 3.63) is 17.0 Å². The fourth-order valence-electron chi connectivity index (χ4n) is 4.69. The average Bonchev–Trinajstić information content (AvgIpc) is 3.21. The van der Waals surface area contributed by atoms with Crippen molar-refractivity contribution in [2.75, 3.05) is 0 Å². The van der Waals surface area contributed by atoms with Gasteiger partial charge in [-0.1, -0.05) is 39.5 Å². The van der Waals surface area contributed by atoms with Crippen LogP contribution in [0.4, 0.5) is 0 Å². The zero-order valence-electron chi connectivity index (χ0n) is 22.1. The molecule has 0 aliphatic carbocycles. The van der Waals surface area contributed by atoms with E-state index in [0.717, 1.165) is 5.92 Å². The van der Waals surface area contributed by atoms with Crippen LogP contribution in [0.1, 0.15) is 135 Å². The molecule has 1 aromatic heterocycles. The summed E-state index contributed by atoms with van der Waals surface area (Å²) >= 11 is 0.189. The molecule has 31 heavy (non-hydrogen) atoms. The van der Waals surface area contributed by atoms with E-state index in [9.17, 15) is 0 Å². The van der Waals surface area contributed by atoms with Crippen LogP contribution in [0.3, 0.4) is 0 Å². The van der Waals surface area contributed by atoms with Gasteiger partial charge in [0.15, 0.2) is 0 Å². The van der Waals surface area contributed by atoms with Gasteiger partial charge in [0.2, 0.25) is 0 Å². The first-order valence-electron chi connectivity index (χ1n) is 14.0. The second-order valence-corrected chi connectivity index (χ2v) is 27.5. The third-order valence-corrected chi connectivity index (χ3v) is 17.4. The van der Waals surface area contributed by atoms with Gasteiger partial charge in [0.1, 0.15) is 0 Å². The van der Waals surface area contributed by atoms with Crippen LogP contribution in [0.15, 0.2) is 11.4 Å². The van der Waals surface area contributed by atoms with Crippen LogP contribution in [0.25, 0.3) is 0 Å². The first-order chi connectivity index (χ1) is 15.0. The third kappa shape index (κ3) is 15.9. The van der Waals surface area contributed by atoms with Crippen molar-refractivity contribution >= 4 is 32.6 Å². The van der Waals surface area contributed by atoms with E-state index in [1.54, 1.807) is 8.46 Å². The van der Waals surface area contributed by atoms with Gasteiger partial charge in [-0.15, -0.1) is 0 Å². The summed E-state index contributed by atoms with van der Waals surface area (Å²) in [6.45, 7) is 4.63. The predicted molar refractivity (Wildman–Crippen MR) is 149 cm³/mol. The van der Waals surface area contributed by atoms with Gasteiger partial charge >= 0.3 is 167 Å². The Kier molecular flexibility index (Phi) is 18.0. The Hall–Kier alpha value is 0.499. The van der Waals surface area contributed by atoms with Crippen LogP contribution in [0.5, 0.6) is 0 Å². The molecular formula is C29H56SSn. The minimum atomic E-state index is -1.89. The zero-order chi connectivity index (χ0) is 22.8. The summed E-state index contributed by atoms with van der Waals surface area (Å²) in [5.41, 5.74) is 1.66. The topological polar surface area (TPSA) is 0 Å². The molecule has 0 unspecified atom stereocenters. The normalized spacial score (nSPS) is 12.2. The van der Waals surface area contributed by atoms with Crippen molar-refractivity contribution in [3.63, 3.8) is 0 Å². The summed E-state index contributed by atoms with van der Waals surface area (Å²) < 4.78 is 1.77. The summed E-state index contributed by atoms with van der Waals surface area (Å²) in [4.78, 5) is 7.67. The van der Waals surface area contributed by atoms with Crippen LogP contribution in [-0.4, -0.2) is 18.4 Å². The van der Waals surface area contributed by atoms with E-state index in [4.69, 9.17) is 0 Å². The van der Waals surface area contributed by atoms with Crippen LogP contribution in [0, 0.1) is 5.92 Å². The van der Waals surface area contributed by atoms with Crippen LogP contribution in [-0.2, 0) is 6.42 Å². The average molecular weight is 556 g/mol. The fraction of sp³-hybridized carbons (Fsp3) is 0.862. The molecule has 0 aliphatic rings. The number of unbranched alkanes of at least 4 members (excludes halogenated alkanes) is 14. The molecule has 0 amide bonds. The molecule has 0 aromatic carbocycles. The molecule has 0 N–H and O–H groups in total. The molecule has 1 rings (SSSR count). The molecule has 0 spiro atoms. The van der Waals surface area contributed by atoms with Crippen LogP contribution >= 0.6 is 11.3 Å². The summed E-state index contributed by atoms with van der Waals surface area (Å²) in [6, 6.07) is 2.61. The van der Waals surface area contributed by atoms with E-state index in [0.29, 0.717) is 0 Å². The SMILES string of the molecule is CCCCCCCCCCC(CCCCCCCCCC)Cc1cs[c]([Sn]([CH3])([CH3])[CH3])c1. The summed E-state index contributed by atoms with van der Waals surface area (Å²) in [6.07, 6.45) is 27.4. The van der Waals surface area contributed by atoms with E-state index >= 15 is 0 Å². The zero-order valence-corrected chi connectivity index (χ0v) is 25.7. The molecule has 0 aliphatic heterocycles. The van der Waals surface area contributed by atoms with E-state index in [-0.39, 0.29) is 0 Å².